The van der Waals surface area contributed by atoms with Crippen molar-refractivity contribution in [3.8, 4) is 0 Å². The van der Waals surface area contributed by atoms with Crippen molar-refractivity contribution in [3.63, 3.8) is 0 Å². The number of nitrogens with one attached hydrogen (secondary N) is 3. The monoisotopic (exact) mass is 330 g/mol. The van der Waals surface area contributed by atoms with Crippen LogP contribution >= 0.6 is 0 Å². The summed E-state index contributed by atoms with van der Waals surface area (Å²) in [7, 11) is 0. The van der Waals surface area contributed by atoms with Crippen molar-refractivity contribution in [1.82, 2.24) is 16.0 Å². The van der Waals surface area contributed by atoms with Crippen molar-refractivity contribution in [2.24, 2.45) is 4.99 Å². The third-order valence-electron chi connectivity index (χ3n) is 4.64. The second-order valence-electron chi connectivity index (χ2n) is 6.36. The minimum absolute atomic E-state index is 0.0478. The SMILES string of the molecule is CCNC(=O)CN=C(NCC)NCC1(c2ccccc2)CCCC1. The van der Waals surface area contributed by atoms with E-state index in [2.05, 4.69) is 51.3 Å². The van der Waals surface area contributed by atoms with Gasteiger partial charge in [0.25, 0.3) is 0 Å². The Balaban J connectivity index is 2.03. The molecule has 0 atom stereocenters. The minimum atomic E-state index is -0.0478. The number of benzene rings is 1. The van der Waals surface area contributed by atoms with Crippen LogP contribution in [0.5, 0.6) is 0 Å². The van der Waals surface area contributed by atoms with E-state index in [1.807, 2.05) is 13.8 Å². The molecule has 1 aliphatic carbocycles. The van der Waals surface area contributed by atoms with Crippen LogP contribution in [0, 0.1) is 0 Å². The molecule has 0 spiro atoms. The minimum Gasteiger partial charge on any atom is -0.357 e. The Bertz CT molecular complexity index is 536. The Morgan fingerprint density at radius 3 is 2.33 bits per heavy atom. The normalized spacial score (nSPS) is 16.7. The van der Waals surface area contributed by atoms with Gasteiger partial charge >= 0.3 is 0 Å². The van der Waals surface area contributed by atoms with E-state index >= 15 is 0 Å². The summed E-state index contributed by atoms with van der Waals surface area (Å²) in [6.07, 6.45) is 4.92. The fourth-order valence-electron chi connectivity index (χ4n) is 3.41. The fraction of sp³-hybridized carbons (Fsp3) is 0.579. The first-order chi connectivity index (χ1) is 11.7. The predicted octanol–water partition coefficient (Wildman–Crippen LogP) is 2.19. The van der Waals surface area contributed by atoms with Gasteiger partial charge in [0.2, 0.25) is 5.91 Å². The first kappa shape index (κ1) is 18.3. The van der Waals surface area contributed by atoms with E-state index in [0.29, 0.717) is 12.5 Å². The van der Waals surface area contributed by atoms with Gasteiger partial charge in [-0.25, -0.2) is 4.99 Å². The van der Waals surface area contributed by atoms with Crippen LogP contribution in [0.1, 0.15) is 45.1 Å². The highest BCUT2D eigenvalue weighted by atomic mass is 16.1. The van der Waals surface area contributed by atoms with E-state index in [1.54, 1.807) is 0 Å². The lowest BCUT2D eigenvalue weighted by atomic mass is 9.79. The lowest BCUT2D eigenvalue weighted by Gasteiger charge is -2.30. The zero-order chi connectivity index (χ0) is 17.3. The lowest BCUT2D eigenvalue weighted by Crippen LogP contribution is -2.45. The van der Waals surface area contributed by atoms with Crippen molar-refractivity contribution in [1.29, 1.82) is 0 Å². The van der Waals surface area contributed by atoms with E-state index < -0.39 is 0 Å². The van der Waals surface area contributed by atoms with Crippen molar-refractivity contribution < 1.29 is 4.79 Å². The summed E-state index contributed by atoms with van der Waals surface area (Å²) in [6, 6.07) is 10.8. The number of nitrogens with zero attached hydrogens (tertiary/aromatic N) is 1. The summed E-state index contributed by atoms with van der Waals surface area (Å²) in [5, 5.41) is 9.46. The molecule has 132 valence electrons. The van der Waals surface area contributed by atoms with Gasteiger partial charge in [0, 0.05) is 25.0 Å². The number of rotatable bonds is 7. The van der Waals surface area contributed by atoms with E-state index in [1.165, 1.54) is 31.2 Å². The van der Waals surface area contributed by atoms with Crippen LogP contribution in [0.3, 0.4) is 0 Å². The highest BCUT2D eigenvalue weighted by Gasteiger charge is 2.35. The van der Waals surface area contributed by atoms with Gasteiger partial charge in [-0.15, -0.1) is 0 Å². The number of likely N-dealkylation sites (N-methyl/N-ethyl adjacent to an activating group) is 1. The van der Waals surface area contributed by atoms with E-state index in [9.17, 15) is 4.79 Å². The lowest BCUT2D eigenvalue weighted by molar-refractivity contribution is -0.119. The molecule has 0 aliphatic heterocycles. The third kappa shape index (κ3) is 4.98. The molecule has 0 radical (unpaired) electrons. The van der Waals surface area contributed by atoms with Gasteiger partial charge in [-0.2, -0.15) is 0 Å². The molecule has 0 saturated heterocycles. The molecule has 0 unspecified atom stereocenters. The summed E-state index contributed by atoms with van der Waals surface area (Å²) in [4.78, 5) is 16.0. The van der Waals surface area contributed by atoms with E-state index in [4.69, 9.17) is 0 Å². The maximum absolute atomic E-state index is 11.6. The molecule has 24 heavy (non-hydrogen) atoms. The number of guanidine groups is 1. The van der Waals surface area contributed by atoms with Crippen LogP contribution in [0.25, 0.3) is 0 Å². The van der Waals surface area contributed by atoms with Gasteiger partial charge < -0.3 is 16.0 Å². The largest absolute Gasteiger partial charge is 0.357 e. The van der Waals surface area contributed by atoms with Crippen LogP contribution < -0.4 is 16.0 Å². The first-order valence-corrected chi connectivity index (χ1v) is 9.04. The summed E-state index contributed by atoms with van der Waals surface area (Å²) >= 11 is 0. The predicted molar refractivity (Wildman–Crippen MR) is 99.3 cm³/mol. The molecule has 1 fully saturated rings. The highest BCUT2D eigenvalue weighted by Crippen LogP contribution is 2.40. The van der Waals surface area contributed by atoms with Gasteiger partial charge in [0.15, 0.2) is 5.96 Å². The van der Waals surface area contributed by atoms with Crippen LogP contribution in [0.4, 0.5) is 0 Å². The highest BCUT2D eigenvalue weighted by molar-refractivity contribution is 5.84. The molecule has 1 aromatic rings. The summed E-state index contributed by atoms with van der Waals surface area (Å²) < 4.78 is 0. The molecule has 1 saturated carbocycles. The maximum Gasteiger partial charge on any atom is 0.241 e. The van der Waals surface area contributed by atoms with Crippen molar-refractivity contribution in [2.45, 2.75) is 44.9 Å². The maximum atomic E-state index is 11.6. The fourth-order valence-corrected chi connectivity index (χ4v) is 3.41. The Hall–Kier alpha value is -2.04. The number of carbonyl (C=O) groups is 1. The summed E-state index contributed by atoms with van der Waals surface area (Å²) in [5.74, 6) is 0.666. The van der Waals surface area contributed by atoms with E-state index in [-0.39, 0.29) is 17.9 Å². The number of carbonyl (C=O) groups excluding carboxylic acids is 1. The topological polar surface area (TPSA) is 65.5 Å². The Morgan fingerprint density at radius 1 is 1.04 bits per heavy atom. The molecule has 2 rings (SSSR count). The number of hydrogen-bond donors (Lipinski definition) is 3. The molecular weight excluding hydrogens is 300 g/mol. The average molecular weight is 330 g/mol. The Labute approximate surface area is 145 Å². The standard InChI is InChI=1S/C19H30N4O/c1-3-20-17(24)14-22-18(21-4-2)23-15-19(12-8-9-13-19)16-10-6-5-7-11-16/h5-7,10-11H,3-4,8-9,12-15H2,1-2H3,(H,20,24)(H2,21,22,23). The molecule has 5 heteroatoms. The van der Waals surface area contributed by atoms with E-state index in [0.717, 1.165) is 13.1 Å². The number of amides is 1. The van der Waals surface area contributed by atoms with Gasteiger partial charge in [-0.3, -0.25) is 4.79 Å². The summed E-state index contributed by atoms with van der Waals surface area (Å²) in [5.41, 5.74) is 1.57. The summed E-state index contributed by atoms with van der Waals surface area (Å²) in [6.45, 7) is 6.36. The third-order valence-corrected chi connectivity index (χ3v) is 4.64. The molecule has 5 nitrogen and oxygen atoms in total. The first-order valence-electron chi connectivity index (χ1n) is 9.04. The Morgan fingerprint density at radius 2 is 1.71 bits per heavy atom. The van der Waals surface area contributed by atoms with Gasteiger partial charge in [0.1, 0.15) is 6.54 Å². The van der Waals surface area contributed by atoms with Crippen molar-refractivity contribution >= 4 is 11.9 Å². The molecule has 1 aromatic carbocycles. The van der Waals surface area contributed by atoms with Crippen LogP contribution in [-0.4, -0.2) is 38.0 Å². The average Bonchev–Trinajstić information content (AvgIpc) is 3.09. The van der Waals surface area contributed by atoms with Crippen LogP contribution in [0.2, 0.25) is 0 Å². The molecule has 0 aromatic heterocycles. The molecule has 0 heterocycles. The van der Waals surface area contributed by atoms with Crippen LogP contribution in [0.15, 0.2) is 35.3 Å². The van der Waals surface area contributed by atoms with Crippen molar-refractivity contribution in [2.75, 3.05) is 26.2 Å². The van der Waals surface area contributed by atoms with Gasteiger partial charge in [-0.05, 0) is 32.3 Å². The van der Waals surface area contributed by atoms with Gasteiger partial charge in [0.05, 0.1) is 0 Å². The second kappa shape index (κ2) is 9.30. The molecule has 3 N–H and O–H groups in total. The molecule has 1 aliphatic rings. The molecular formula is C19H30N4O. The van der Waals surface area contributed by atoms with Gasteiger partial charge in [-0.1, -0.05) is 43.2 Å². The zero-order valence-corrected chi connectivity index (χ0v) is 14.9. The number of aliphatic imine (C=N–C) groups is 1. The zero-order valence-electron chi connectivity index (χ0n) is 14.9. The molecule has 0 bridgehead atoms. The second-order valence-corrected chi connectivity index (χ2v) is 6.36. The number of hydrogen-bond acceptors (Lipinski definition) is 2. The Kier molecular flexibility index (Phi) is 7.09. The molecule has 1 amide bonds. The smallest absolute Gasteiger partial charge is 0.241 e. The van der Waals surface area contributed by atoms with Crippen LogP contribution in [-0.2, 0) is 10.2 Å². The quantitative estimate of drug-likeness (QED) is 0.530. The van der Waals surface area contributed by atoms with Crippen molar-refractivity contribution in [3.05, 3.63) is 35.9 Å².